The molecule has 1 heterocycles. The number of nitrogens with one attached hydrogen (secondary N) is 3. The zero-order valence-electron chi connectivity index (χ0n) is 16.7. The number of hydrogen-bond donors (Lipinski definition) is 3. The fraction of sp³-hybridized carbons (Fsp3) is 0.0909. The molecule has 0 atom stereocenters. The summed E-state index contributed by atoms with van der Waals surface area (Å²) in [5.74, 6) is -0.0699. The molecule has 0 spiro atoms. The summed E-state index contributed by atoms with van der Waals surface area (Å²) in [6.07, 6.45) is 0. The largest absolute Gasteiger partial charge is 0.486 e. The second-order valence-electron chi connectivity index (χ2n) is 6.76. The number of anilines is 1. The topological polar surface area (TPSA) is 123 Å². The van der Waals surface area contributed by atoms with Gasteiger partial charge < -0.3 is 9.47 Å². The minimum atomic E-state index is -3.73. The van der Waals surface area contributed by atoms with Crippen LogP contribution >= 0.6 is 0 Å². The molecule has 3 N–H and O–H groups in total. The second kappa shape index (κ2) is 8.98. The number of amides is 2. The zero-order chi connectivity index (χ0) is 22.6. The number of carbonyl (C=O) groups is 2. The van der Waals surface area contributed by atoms with E-state index in [0.29, 0.717) is 36.0 Å². The Bertz CT molecular complexity index is 1240. The summed E-state index contributed by atoms with van der Waals surface area (Å²) in [6, 6.07) is 18.4. The third kappa shape index (κ3) is 4.81. The van der Waals surface area contributed by atoms with Crippen molar-refractivity contribution in [3.63, 3.8) is 0 Å². The summed E-state index contributed by atoms with van der Waals surface area (Å²) in [6.45, 7) is 0.841. The lowest BCUT2D eigenvalue weighted by Crippen LogP contribution is -2.41. The van der Waals surface area contributed by atoms with Crippen LogP contribution in [0, 0.1) is 0 Å². The van der Waals surface area contributed by atoms with Crippen LogP contribution < -0.4 is 25.0 Å². The first-order valence-electron chi connectivity index (χ1n) is 9.61. The van der Waals surface area contributed by atoms with Crippen molar-refractivity contribution in [1.82, 2.24) is 10.9 Å². The van der Waals surface area contributed by atoms with E-state index in [-0.39, 0.29) is 10.5 Å². The minimum Gasteiger partial charge on any atom is -0.486 e. The summed E-state index contributed by atoms with van der Waals surface area (Å²) in [5, 5.41) is 0. The maximum absolute atomic E-state index is 12.4. The lowest BCUT2D eigenvalue weighted by Gasteiger charge is -2.18. The number of hydrazine groups is 1. The molecule has 0 saturated heterocycles. The summed E-state index contributed by atoms with van der Waals surface area (Å²) in [4.78, 5) is 24.8. The molecule has 1 aliphatic rings. The molecule has 164 valence electrons. The van der Waals surface area contributed by atoms with Gasteiger partial charge in [-0.2, -0.15) is 0 Å². The highest BCUT2D eigenvalue weighted by molar-refractivity contribution is 7.92. The van der Waals surface area contributed by atoms with Crippen molar-refractivity contribution in [1.29, 1.82) is 0 Å². The molecule has 10 heteroatoms. The fourth-order valence-electron chi connectivity index (χ4n) is 2.95. The predicted octanol–water partition coefficient (Wildman–Crippen LogP) is 2.33. The predicted molar refractivity (Wildman–Crippen MR) is 116 cm³/mol. The van der Waals surface area contributed by atoms with Crippen LogP contribution in [0.1, 0.15) is 20.7 Å². The van der Waals surface area contributed by atoms with Crippen molar-refractivity contribution in [3.8, 4) is 11.5 Å². The number of rotatable bonds is 5. The molecule has 0 saturated carbocycles. The molecule has 4 rings (SSSR count). The lowest BCUT2D eigenvalue weighted by atomic mass is 10.2. The maximum atomic E-state index is 12.4. The van der Waals surface area contributed by atoms with E-state index in [9.17, 15) is 18.0 Å². The summed E-state index contributed by atoms with van der Waals surface area (Å²) < 4.78 is 38.0. The Morgan fingerprint density at radius 1 is 0.719 bits per heavy atom. The Labute approximate surface area is 184 Å². The van der Waals surface area contributed by atoms with Crippen molar-refractivity contribution in [2.75, 3.05) is 17.9 Å². The lowest BCUT2D eigenvalue weighted by molar-refractivity contribution is 0.0846. The van der Waals surface area contributed by atoms with Gasteiger partial charge in [0.15, 0.2) is 11.5 Å². The van der Waals surface area contributed by atoms with Gasteiger partial charge in [0.2, 0.25) is 0 Å². The van der Waals surface area contributed by atoms with Gasteiger partial charge in [-0.15, -0.1) is 0 Å². The van der Waals surface area contributed by atoms with Gasteiger partial charge in [0, 0.05) is 16.8 Å². The normalized spacial score (nSPS) is 12.5. The zero-order valence-corrected chi connectivity index (χ0v) is 17.5. The van der Waals surface area contributed by atoms with Gasteiger partial charge in [-0.25, -0.2) is 8.42 Å². The van der Waals surface area contributed by atoms with Crippen LogP contribution in [0.2, 0.25) is 0 Å². The average molecular weight is 453 g/mol. The monoisotopic (exact) mass is 453 g/mol. The molecule has 0 unspecified atom stereocenters. The van der Waals surface area contributed by atoms with E-state index in [1.54, 1.807) is 30.3 Å². The Morgan fingerprint density at radius 3 is 2.00 bits per heavy atom. The number of benzene rings is 3. The van der Waals surface area contributed by atoms with E-state index in [4.69, 9.17) is 9.47 Å². The Kier molecular flexibility index (Phi) is 5.95. The average Bonchev–Trinajstić information content (AvgIpc) is 2.83. The Hall–Kier alpha value is -4.05. The van der Waals surface area contributed by atoms with Gasteiger partial charge in [0.05, 0.1) is 4.90 Å². The number of hydrogen-bond acceptors (Lipinski definition) is 6. The van der Waals surface area contributed by atoms with Crippen molar-refractivity contribution in [3.05, 3.63) is 83.9 Å². The van der Waals surface area contributed by atoms with Gasteiger partial charge in [0.25, 0.3) is 21.8 Å². The van der Waals surface area contributed by atoms with E-state index in [1.165, 1.54) is 42.5 Å². The number of carbonyl (C=O) groups excluding carboxylic acids is 2. The molecule has 2 amide bonds. The van der Waals surface area contributed by atoms with Gasteiger partial charge in [0.1, 0.15) is 13.2 Å². The molecule has 0 fully saturated rings. The summed E-state index contributed by atoms with van der Waals surface area (Å²) in [7, 11) is -3.73. The third-order valence-corrected chi connectivity index (χ3v) is 5.94. The summed E-state index contributed by atoms with van der Waals surface area (Å²) >= 11 is 0. The molecule has 0 bridgehead atoms. The van der Waals surface area contributed by atoms with Crippen LogP contribution in [0.5, 0.6) is 11.5 Å². The van der Waals surface area contributed by atoms with Gasteiger partial charge in [-0.3, -0.25) is 25.2 Å². The van der Waals surface area contributed by atoms with E-state index >= 15 is 0 Å². The smallest absolute Gasteiger partial charge is 0.269 e. The van der Waals surface area contributed by atoms with Crippen LogP contribution in [-0.2, 0) is 10.0 Å². The third-order valence-electron chi connectivity index (χ3n) is 4.55. The van der Waals surface area contributed by atoms with Gasteiger partial charge in [-0.05, 0) is 54.6 Å². The Balaban J connectivity index is 1.35. The first kappa shape index (κ1) is 21.2. The Morgan fingerprint density at radius 2 is 1.31 bits per heavy atom. The molecule has 0 aliphatic carbocycles. The van der Waals surface area contributed by atoms with Crippen LogP contribution in [-0.4, -0.2) is 33.4 Å². The standard InChI is InChI=1S/C22H19N3O6S/c26-21(23-24-22(27)16-8-11-19-20(14-16)31-13-12-30-19)15-6-9-17(10-7-15)25-32(28,29)18-4-2-1-3-5-18/h1-11,14,25H,12-13H2,(H,23,26)(H,24,27). The molecule has 3 aromatic carbocycles. The molecular formula is C22H19N3O6S. The highest BCUT2D eigenvalue weighted by Gasteiger charge is 2.16. The maximum Gasteiger partial charge on any atom is 0.269 e. The first-order chi connectivity index (χ1) is 15.4. The highest BCUT2D eigenvalue weighted by Crippen LogP contribution is 2.30. The van der Waals surface area contributed by atoms with Gasteiger partial charge >= 0.3 is 0 Å². The quantitative estimate of drug-likeness (QED) is 0.510. The van der Waals surface area contributed by atoms with Crippen LogP contribution in [0.4, 0.5) is 5.69 Å². The van der Waals surface area contributed by atoms with E-state index in [0.717, 1.165) is 0 Å². The molecule has 0 aromatic heterocycles. The minimum absolute atomic E-state index is 0.128. The van der Waals surface area contributed by atoms with Gasteiger partial charge in [-0.1, -0.05) is 18.2 Å². The molecular weight excluding hydrogens is 434 g/mol. The molecule has 9 nitrogen and oxygen atoms in total. The molecule has 3 aromatic rings. The number of fused-ring (bicyclic) bond motifs is 1. The fourth-order valence-corrected chi connectivity index (χ4v) is 4.03. The van der Waals surface area contributed by atoms with Crippen LogP contribution in [0.15, 0.2) is 77.7 Å². The van der Waals surface area contributed by atoms with E-state index in [1.807, 2.05) is 0 Å². The second-order valence-corrected chi connectivity index (χ2v) is 8.44. The molecule has 32 heavy (non-hydrogen) atoms. The van der Waals surface area contributed by atoms with E-state index in [2.05, 4.69) is 15.6 Å². The van der Waals surface area contributed by atoms with Crippen LogP contribution in [0.3, 0.4) is 0 Å². The number of sulfonamides is 1. The van der Waals surface area contributed by atoms with Crippen molar-refractivity contribution in [2.45, 2.75) is 4.90 Å². The van der Waals surface area contributed by atoms with Crippen molar-refractivity contribution in [2.24, 2.45) is 0 Å². The summed E-state index contributed by atoms with van der Waals surface area (Å²) in [5.41, 5.74) is 5.47. The molecule has 0 radical (unpaired) electrons. The van der Waals surface area contributed by atoms with Crippen LogP contribution in [0.25, 0.3) is 0 Å². The highest BCUT2D eigenvalue weighted by atomic mass is 32.2. The molecule has 1 aliphatic heterocycles. The van der Waals surface area contributed by atoms with Crippen molar-refractivity contribution >= 4 is 27.5 Å². The number of ether oxygens (including phenoxy) is 2. The van der Waals surface area contributed by atoms with Crippen molar-refractivity contribution < 1.29 is 27.5 Å². The SMILES string of the molecule is O=C(NNC(=O)c1ccc2c(c1)OCCO2)c1ccc(NS(=O)(=O)c2ccccc2)cc1. The van der Waals surface area contributed by atoms with E-state index < -0.39 is 21.8 Å². The first-order valence-corrected chi connectivity index (χ1v) is 11.1.